The van der Waals surface area contributed by atoms with Gasteiger partial charge < -0.3 is 0 Å². The Morgan fingerprint density at radius 1 is 0.818 bits per heavy atom. The topological polar surface area (TPSA) is 140 Å². The molecule has 9 nitrogen and oxygen atoms in total. The molecule has 1 rings (SSSR count). The molecule has 1 heterocycles. The summed E-state index contributed by atoms with van der Waals surface area (Å²) >= 11 is 0. The zero-order valence-corrected chi connectivity index (χ0v) is 15.8. The number of rotatable bonds is 4. The lowest BCUT2D eigenvalue weighted by atomic mass is 10.1. The molecule has 0 radical (unpaired) electrons. The summed E-state index contributed by atoms with van der Waals surface area (Å²) in [5.41, 5.74) is 0. The van der Waals surface area contributed by atoms with Crippen LogP contribution >= 0.6 is 0 Å². The van der Waals surface area contributed by atoms with Crippen molar-refractivity contribution in [2.45, 2.75) is 22.3 Å². The van der Waals surface area contributed by atoms with Gasteiger partial charge in [0.1, 0.15) is 5.25 Å². The second-order valence-corrected chi connectivity index (χ2v) is 14.2. The van der Waals surface area contributed by atoms with Gasteiger partial charge in [-0.1, -0.05) is 0 Å². The summed E-state index contributed by atoms with van der Waals surface area (Å²) in [5, 5.41) is -1.88. The largest absolute Gasteiger partial charge is 0.254 e. The van der Waals surface area contributed by atoms with Gasteiger partial charge in [0, 0.05) is 25.3 Å². The molecule has 13 heteroatoms. The summed E-state index contributed by atoms with van der Waals surface area (Å²) in [7, 11) is -17.7. The Balaban J connectivity index is 4.09. The predicted molar refractivity (Wildman–Crippen MR) is 81.8 cm³/mol. The number of hydrogen-bond acceptors (Lipinski definition) is 8. The van der Waals surface area contributed by atoms with Crippen LogP contribution in [0.4, 0.5) is 0 Å². The normalized spacial score (nSPS) is 25.0. The summed E-state index contributed by atoms with van der Waals surface area (Å²) in [6, 6.07) is 0. The molecule has 0 aromatic heterocycles. The average Bonchev–Trinajstić information content (AvgIpc) is 2.22. The van der Waals surface area contributed by atoms with Crippen LogP contribution in [0.1, 0.15) is 12.8 Å². The molecule has 1 aliphatic heterocycles. The fourth-order valence-electron chi connectivity index (χ4n) is 2.92. The van der Waals surface area contributed by atoms with Crippen molar-refractivity contribution in [1.29, 1.82) is 0 Å². The van der Waals surface area contributed by atoms with Crippen molar-refractivity contribution in [2.24, 2.45) is 0 Å². The summed E-state index contributed by atoms with van der Waals surface area (Å²) in [5.74, 6) is 0. The number of sulfone groups is 3. The Morgan fingerprint density at radius 2 is 1.23 bits per heavy atom. The molecular weight excluding hydrogens is 378 g/mol. The average molecular weight is 398 g/mol. The van der Waals surface area contributed by atoms with Crippen LogP contribution in [0.2, 0.25) is 0 Å². The van der Waals surface area contributed by atoms with E-state index in [2.05, 4.69) is 0 Å². The van der Waals surface area contributed by atoms with Gasteiger partial charge >= 0.3 is 0 Å². The SMILES string of the molecule is CS(=O)(=O)C1CCCN(S(C)(=O)=O)C1(S(C)(=O)=O)S(C)(=O)=O. The van der Waals surface area contributed by atoms with E-state index in [9.17, 15) is 33.7 Å². The summed E-state index contributed by atoms with van der Waals surface area (Å²) in [6.07, 6.45) is 2.21. The van der Waals surface area contributed by atoms with E-state index in [0.29, 0.717) is 29.3 Å². The molecule has 0 aromatic rings. The highest BCUT2D eigenvalue weighted by Crippen LogP contribution is 2.42. The quantitative estimate of drug-likeness (QED) is 0.541. The molecule has 1 fully saturated rings. The fraction of sp³-hybridized carbons (Fsp3) is 1.00. The molecule has 0 saturated carbocycles. The van der Waals surface area contributed by atoms with E-state index in [0.717, 1.165) is 0 Å². The molecule has 0 aromatic carbocycles. The first-order valence-electron chi connectivity index (χ1n) is 6.03. The minimum absolute atomic E-state index is 0.0393. The first-order chi connectivity index (χ1) is 9.47. The van der Waals surface area contributed by atoms with E-state index >= 15 is 0 Å². The molecule has 1 saturated heterocycles. The monoisotopic (exact) mass is 397 g/mol. The van der Waals surface area contributed by atoms with Crippen molar-refractivity contribution in [3.63, 3.8) is 0 Å². The van der Waals surface area contributed by atoms with Crippen molar-refractivity contribution in [3.05, 3.63) is 0 Å². The van der Waals surface area contributed by atoms with Crippen LogP contribution in [0.5, 0.6) is 0 Å². The lowest BCUT2D eigenvalue weighted by Gasteiger charge is -2.46. The van der Waals surface area contributed by atoms with Crippen molar-refractivity contribution >= 4 is 39.5 Å². The third-order valence-electron chi connectivity index (χ3n) is 3.56. The Hall–Kier alpha value is -0.240. The highest BCUT2D eigenvalue weighted by molar-refractivity contribution is 8.11. The van der Waals surface area contributed by atoms with Gasteiger partial charge in [-0.05, 0) is 12.8 Å². The van der Waals surface area contributed by atoms with E-state index < -0.39 is 49.0 Å². The van der Waals surface area contributed by atoms with E-state index in [1.807, 2.05) is 0 Å². The molecule has 1 aliphatic rings. The van der Waals surface area contributed by atoms with E-state index in [4.69, 9.17) is 0 Å². The second-order valence-electron chi connectivity index (χ2n) is 5.47. The molecule has 1 unspecified atom stereocenters. The van der Waals surface area contributed by atoms with Crippen LogP contribution in [0, 0.1) is 0 Å². The maximum atomic E-state index is 12.3. The van der Waals surface area contributed by atoms with Crippen molar-refractivity contribution in [2.75, 3.05) is 31.6 Å². The number of piperidine rings is 1. The Labute approximate surface area is 131 Å². The molecule has 132 valence electrons. The van der Waals surface area contributed by atoms with Crippen LogP contribution < -0.4 is 0 Å². The zero-order valence-electron chi connectivity index (χ0n) is 12.5. The molecule has 0 amide bonds. The van der Waals surface area contributed by atoms with Gasteiger partial charge in [-0.2, -0.15) is 4.31 Å². The van der Waals surface area contributed by atoms with Gasteiger partial charge in [0.25, 0.3) is 4.20 Å². The van der Waals surface area contributed by atoms with Crippen LogP contribution in [0.25, 0.3) is 0 Å². The molecule has 0 bridgehead atoms. The van der Waals surface area contributed by atoms with Crippen LogP contribution in [0.15, 0.2) is 0 Å². The highest BCUT2D eigenvalue weighted by Gasteiger charge is 2.67. The third-order valence-corrected chi connectivity index (χ3v) is 11.9. The maximum absolute atomic E-state index is 12.3. The minimum Gasteiger partial charge on any atom is -0.229 e. The Kier molecular flexibility index (Phi) is 4.86. The van der Waals surface area contributed by atoms with Crippen molar-refractivity contribution in [3.8, 4) is 0 Å². The van der Waals surface area contributed by atoms with Crippen molar-refractivity contribution in [1.82, 2.24) is 4.31 Å². The van der Waals surface area contributed by atoms with E-state index in [1.54, 1.807) is 0 Å². The van der Waals surface area contributed by atoms with Gasteiger partial charge in [0.05, 0.1) is 6.26 Å². The van der Waals surface area contributed by atoms with Crippen LogP contribution in [0.3, 0.4) is 0 Å². The molecule has 0 N–H and O–H groups in total. The van der Waals surface area contributed by atoms with Gasteiger partial charge in [-0.3, -0.25) is 0 Å². The summed E-state index contributed by atoms with van der Waals surface area (Å²) < 4.78 is 94.5. The molecule has 1 atom stereocenters. The number of sulfonamides is 1. The molecule has 0 spiro atoms. The number of nitrogens with zero attached hydrogens (tertiary/aromatic N) is 1. The molecule has 22 heavy (non-hydrogen) atoms. The summed E-state index contributed by atoms with van der Waals surface area (Å²) in [4.78, 5) is 0. The Bertz CT molecular complexity index is 792. The first kappa shape index (κ1) is 19.8. The van der Waals surface area contributed by atoms with Crippen molar-refractivity contribution < 1.29 is 33.7 Å². The fourth-order valence-corrected chi connectivity index (χ4v) is 13.3. The lowest BCUT2D eigenvalue weighted by molar-refractivity contribution is 0.276. The van der Waals surface area contributed by atoms with E-state index in [1.165, 1.54) is 0 Å². The Morgan fingerprint density at radius 3 is 1.50 bits per heavy atom. The molecule has 0 aliphatic carbocycles. The van der Waals surface area contributed by atoms with E-state index in [-0.39, 0.29) is 19.4 Å². The van der Waals surface area contributed by atoms with Gasteiger partial charge in [-0.25, -0.2) is 33.7 Å². The lowest BCUT2D eigenvalue weighted by Crippen LogP contribution is -2.70. The minimum atomic E-state index is -4.63. The smallest absolute Gasteiger partial charge is 0.229 e. The zero-order chi connectivity index (χ0) is 17.8. The van der Waals surface area contributed by atoms with Gasteiger partial charge in [0.2, 0.25) is 10.0 Å². The second kappa shape index (κ2) is 5.40. The first-order valence-corrected chi connectivity index (χ1v) is 13.6. The number of hydrogen-bond donors (Lipinski definition) is 0. The van der Waals surface area contributed by atoms with Gasteiger partial charge in [-0.15, -0.1) is 0 Å². The van der Waals surface area contributed by atoms with Crippen LogP contribution in [-0.4, -0.2) is 79.0 Å². The van der Waals surface area contributed by atoms with Crippen LogP contribution in [-0.2, 0) is 39.5 Å². The molecular formula is C9H19NO8S4. The summed E-state index contributed by atoms with van der Waals surface area (Å²) in [6.45, 7) is -0.384. The third kappa shape index (κ3) is 3.05. The highest BCUT2D eigenvalue weighted by atomic mass is 32.3. The maximum Gasteiger partial charge on any atom is 0.254 e. The van der Waals surface area contributed by atoms with Gasteiger partial charge in [0.15, 0.2) is 29.5 Å². The standard InChI is InChI=1S/C9H19NO8S4/c1-19(11,12)8-6-5-7-10(22(4,17)18)9(8,20(2,13)14)21(3,15)16/h8H,5-7H2,1-4H3. The predicted octanol–water partition coefficient (Wildman–Crippen LogP) is -1.80.